The number of nitrogens with two attached hydrogens (primary N) is 1. The number of benzene rings is 1. The van der Waals surface area contributed by atoms with E-state index in [-0.39, 0.29) is 0 Å². The zero-order chi connectivity index (χ0) is 13.1. The van der Waals surface area contributed by atoms with Gasteiger partial charge in [0.15, 0.2) is 0 Å². The minimum Gasteiger partial charge on any atom is -0.396 e. The van der Waals surface area contributed by atoms with Crippen LogP contribution in [0, 0.1) is 20.8 Å². The Balaban J connectivity index is 2.14. The van der Waals surface area contributed by atoms with Crippen LogP contribution in [0.15, 0.2) is 35.5 Å². The van der Waals surface area contributed by atoms with Crippen molar-refractivity contribution in [3.8, 4) is 0 Å². The van der Waals surface area contributed by atoms with Crippen LogP contribution in [0.5, 0.6) is 0 Å². The maximum Gasteiger partial charge on any atom is 0.120 e. The average Bonchev–Trinajstić information content (AvgIpc) is 2.30. The van der Waals surface area contributed by atoms with Gasteiger partial charge in [0, 0.05) is 11.9 Å². The Morgan fingerprint density at radius 1 is 1.11 bits per heavy atom. The van der Waals surface area contributed by atoms with E-state index >= 15 is 0 Å². The number of aromatic nitrogens is 1. The molecule has 0 saturated carbocycles. The van der Waals surface area contributed by atoms with E-state index in [1.807, 2.05) is 19.2 Å². The summed E-state index contributed by atoms with van der Waals surface area (Å²) in [4.78, 5) is 4.34. The maximum atomic E-state index is 6.02. The smallest absolute Gasteiger partial charge is 0.120 e. The molecular weight excluding hydrogens is 240 g/mol. The van der Waals surface area contributed by atoms with Crippen LogP contribution in [-0.2, 0) is 5.75 Å². The van der Waals surface area contributed by atoms with Gasteiger partial charge in [-0.2, -0.15) is 0 Å². The summed E-state index contributed by atoms with van der Waals surface area (Å²) < 4.78 is 0. The lowest BCUT2D eigenvalue weighted by atomic mass is 10.1. The molecule has 2 aromatic rings. The number of hydrogen-bond donors (Lipinski definition) is 1. The van der Waals surface area contributed by atoms with Crippen LogP contribution in [-0.4, -0.2) is 4.98 Å². The summed E-state index contributed by atoms with van der Waals surface area (Å²) in [5.41, 5.74) is 11.8. The first-order valence-corrected chi connectivity index (χ1v) is 6.96. The molecular formula is C15H18N2S. The lowest BCUT2D eigenvalue weighted by molar-refractivity contribution is 1.12. The molecule has 18 heavy (non-hydrogen) atoms. The third kappa shape index (κ3) is 3.05. The van der Waals surface area contributed by atoms with Crippen molar-refractivity contribution in [2.75, 3.05) is 5.73 Å². The summed E-state index contributed by atoms with van der Waals surface area (Å²) in [6, 6.07) is 8.56. The van der Waals surface area contributed by atoms with Crippen molar-refractivity contribution >= 4 is 17.4 Å². The van der Waals surface area contributed by atoms with E-state index in [1.54, 1.807) is 11.8 Å². The van der Waals surface area contributed by atoms with Gasteiger partial charge in [-0.25, -0.2) is 4.98 Å². The molecule has 2 nitrogen and oxygen atoms in total. The summed E-state index contributed by atoms with van der Waals surface area (Å²) in [5.74, 6) is 0.906. The molecule has 94 valence electrons. The van der Waals surface area contributed by atoms with Crippen molar-refractivity contribution in [3.05, 3.63) is 52.7 Å². The Kier molecular flexibility index (Phi) is 3.92. The third-order valence-electron chi connectivity index (χ3n) is 2.83. The predicted octanol–water partition coefficient (Wildman–Crippen LogP) is 3.88. The molecule has 0 fully saturated rings. The lowest BCUT2D eigenvalue weighted by Gasteiger charge is -2.08. The average molecular weight is 258 g/mol. The molecule has 0 saturated heterocycles. The molecule has 2 rings (SSSR count). The second kappa shape index (κ2) is 5.44. The largest absolute Gasteiger partial charge is 0.396 e. The van der Waals surface area contributed by atoms with E-state index < -0.39 is 0 Å². The van der Waals surface area contributed by atoms with Crippen LogP contribution < -0.4 is 5.73 Å². The van der Waals surface area contributed by atoms with Gasteiger partial charge in [0.1, 0.15) is 5.03 Å². The highest BCUT2D eigenvalue weighted by Gasteiger charge is 2.05. The number of thioether (sulfide) groups is 1. The number of nitrogen functional groups attached to an aromatic ring is 1. The molecule has 0 amide bonds. The minimum atomic E-state index is 0.798. The van der Waals surface area contributed by atoms with Crippen molar-refractivity contribution < 1.29 is 0 Å². The number of pyridine rings is 1. The van der Waals surface area contributed by atoms with E-state index in [0.29, 0.717) is 0 Å². The van der Waals surface area contributed by atoms with Crippen LogP contribution in [0.3, 0.4) is 0 Å². The van der Waals surface area contributed by atoms with Crippen LogP contribution in [0.1, 0.15) is 22.3 Å². The Hall–Kier alpha value is -1.48. The van der Waals surface area contributed by atoms with Gasteiger partial charge in [0.25, 0.3) is 0 Å². The number of rotatable bonds is 3. The van der Waals surface area contributed by atoms with Gasteiger partial charge in [-0.05, 0) is 38.0 Å². The van der Waals surface area contributed by atoms with Gasteiger partial charge in [-0.1, -0.05) is 41.1 Å². The van der Waals surface area contributed by atoms with Crippen LogP contribution in [0.2, 0.25) is 0 Å². The third-order valence-corrected chi connectivity index (χ3v) is 3.91. The number of hydrogen-bond acceptors (Lipinski definition) is 3. The van der Waals surface area contributed by atoms with E-state index in [2.05, 4.69) is 37.0 Å². The topological polar surface area (TPSA) is 38.9 Å². The van der Waals surface area contributed by atoms with Gasteiger partial charge >= 0.3 is 0 Å². The molecule has 0 aliphatic rings. The van der Waals surface area contributed by atoms with E-state index in [0.717, 1.165) is 22.0 Å². The first-order chi connectivity index (χ1) is 8.56. The quantitative estimate of drug-likeness (QED) is 0.849. The second-order valence-corrected chi connectivity index (χ2v) is 5.60. The van der Waals surface area contributed by atoms with E-state index in [9.17, 15) is 0 Å². The molecule has 3 heteroatoms. The fraction of sp³-hybridized carbons (Fsp3) is 0.267. The van der Waals surface area contributed by atoms with Gasteiger partial charge in [-0.15, -0.1) is 0 Å². The molecule has 2 N–H and O–H groups in total. The summed E-state index contributed by atoms with van der Waals surface area (Å²) in [5, 5.41) is 0.925. The first kappa shape index (κ1) is 13.0. The minimum absolute atomic E-state index is 0.798. The van der Waals surface area contributed by atoms with Gasteiger partial charge in [0.05, 0.1) is 5.69 Å². The Labute approximate surface area is 113 Å². The van der Waals surface area contributed by atoms with Crippen molar-refractivity contribution in [2.24, 2.45) is 0 Å². The van der Waals surface area contributed by atoms with Gasteiger partial charge in [0.2, 0.25) is 0 Å². The van der Waals surface area contributed by atoms with Crippen LogP contribution in [0.4, 0.5) is 5.69 Å². The zero-order valence-electron chi connectivity index (χ0n) is 11.0. The zero-order valence-corrected chi connectivity index (χ0v) is 11.8. The number of anilines is 1. The normalized spacial score (nSPS) is 10.6. The SMILES string of the molecule is Cc1cc(C)cc(CSc2nccc(C)c2N)c1. The number of aryl methyl sites for hydroxylation is 3. The lowest BCUT2D eigenvalue weighted by Crippen LogP contribution is -1.95. The van der Waals surface area contributed by atoms with Crippen molar-refractivity contribution in [3.63, 3.8) is 0 Å². The molecule has 0 aliphatic carbocycles. The van der Waals surface area contributed by atoms with Crippen molar-refractivity contribution in [2.45, 2.75) is 31.6 Å². The number of nitrogens with zero attached hydrogens (tertiary/aromatic N) is 1. The maximum absolute atomic E-state index is 6.02. The van der Waals surface area contributed by atoms with Crippen LogP contribution in [0.25, 0.3) is 0 Å². The van der Waals surface area contributed by atoms with Crippen LogP contribution >= 0.6 is 11.8 Å². The van der Waals surface area contributed by atoms with Crippen molar-refractivity contribution in [1.82, 2.24) is 4.98 Å². The van der Waals surface area contributed by atoms with E-state index in [4.69, 9.17) is 5.73 Å². The fourth-order valence-electron chi connectivity index (χ4n) is 1.96. The molecule has 0 atom stereocenters. The first-order valence-electron chi connectivity index (χ1n) is 5.97. The van der Waals surface area contributed by atoms with Gasteiger partial charge in [-0.3, -0.25) is 0 Å². The highest BCUT2D eigenvalue weighted by atomic mass is 32.2. The second-order valence-electron chi connectivity index (χ2n) is 4.63. The summed E-state index contributed by atoms with van der Waals surface area (Å²) in [6.07, 6.45) is 1.82. The predicted molar refractivity (Wildman–Crippen MR) is 78.9 cm³/mol. The highest BCUT2D eigenvalue weighted by Crippen LogP contribution is 2.28. The van der Waals surface area contributed by atoms with Gasteiger partial charge < -0.3 is 5.73 Å². The Morgan fingerprint density at radius 3 is 2.44 bits per heavy atom. The molecule has 1 aromatic carbocycles. The standard InChI is InChI=1S/C15H18N2S/c1-10-6-11(2)8-13(7-10)9-18-15-14(16)12(3)4-5-17-15/h4-8H,9,16H2,1-3H3. The molecule has 1 aromatic heterocycles. The van der Waals surface area contributed by atoms with Crippen molar-refractivity contribution in [1.29, 1.82) is 0 Å². The molecule has 0 unspecified atom stereocenters. The van der Waals surface area contributed by atoms with E-state index in [1.165, 1.54) is 16.7 Å². The summed E-state index contributed by atoms with van der Waals surface area (Å²) in [6.45, 7) is 6.26. The molecule has 1 heterocycles. The summed E-state index contributed by atoms with van der Waals surface area (Å²) >= 11 is 1.70. The Morgan fingerprint density at radius 2 is 1.78 bits per heavy atom. The molecule has 0 radical (unpaired) electrons. The molecule has 0 bridgehead atoms. The summed E-state index contributed by atoms with van der Waals surface area (Å²) in [7, 11) is 0. The monoisotopic (exact) mass is 258 g/mol. The molecule has 0 aliphatic heterocycles. The Bertz CT molecular complexity index is 544. The highest BCUT2D eigenvalue weighted by molar-refractivity contribution is 7.98. The fourth-order valence-corrected chi connectivity index (χ4v) is 2.89. The molecule has 0 spiro atoms.